The lowest BCUT2D eigenvalue weighted by molar-refractivity contribution is -0.134. The first-order valence-corrected chi connectivity index (χ1v) is 7.16. The van der Waals surface area contributed by atoms with Gasteiger partial charge in [-0.25, -0.2) is 0 Å². The molecule has 102 valence electrons. The third kappa shape index (κ3) is 3.46. The van der Waals surface area contributed by atoms with E-state index in [2.05, 4.69) is 4.98 Å². The number of nitrogens with zero attached hydrogens (tertiary/aromatic N) is 2. The van der Waals surface area contributed by atoms with Crippen LogP contribution in [0.25, 0.3) is 0 Å². The molecule has 1 unspecified atom stereocenters. The van der Waals surface area contributed by atoms with E-state index in [1.165, 1.54) is 12.8 Å². The van der Waals surface area contributed by atoms with Crippen molar-refractivity contribution in [3.63, 3.8) is 0 Å². The van der Waals surface area contributed by atoms with Crippen LogP contribution in [0.15, 0.2) is 24.5 Å². The summed E-state index contributed by atoms with van der Waals surface area (Å²) in [5.74, 6) is 1.82. The fourth-order valence-corrected chi connectivity index (χ4v) is 2.57. The lowest BCUT2D eigenvalue weighted by atomic mass is 10.1. The summed E-state index contributed by atoms with van der Waals surface area (Å²) in [6, 6.07) is 3.73. The molecule has 0 N–H and O–H groups in total. The lowest BCUT2D eigenvalue weighted by Crippen LogP contribution is -2.44. The van der Waals surface area contributed by atoms with Crippen molar-refractivity contribution in [2.24, 2.45) is 5.92 Å². The highest BCUT2D eigenvalue weighted by atomic mass is 16.5. The zero-order valence-electron chi connectivity index (χ0n) is 11.1. The Balaban J connectivity index is 1.53. The molecule has 0 spiro atoms. The normalized spacial score (nSPS) is 23.2. The minimum Gasteiger partial charge on any atom is -0.488 e. The molecule has 1 amide bonds. The first-order chi connectivity index (χ1) is 9.31. The van der Waals surface area contributed by atoms with E-state index in [0.29, 0.717) is 11.8 Å². The summed E-state index contributed by atoms with van der Waals surface area (Å²) in [7, 11) is 0. The third-order valence-electron chi connectivity index (χ3n) is 3.84. The minimum atomic E-state index is 0.124. The molecule has 1 saturated carbocycles. The van der Waals surface area contributed by atoms with Crippen molar-refractivity contribution in [2.75, 3.05) is 13.1 Å². The second-order valence-corrected chi connectivity index (χ2v) is 5.55. The third-order valence-corrected chi connectivity index (χ3v) is 3.84. The molecule has 1 aromatic rings. The molecule has 19 heavy (non-hydrogen) atoms. The summed E-state index contributed by atoms with van der Waals surface area (Å²) in [4.78, 5) is 18.1. The second kappa shape index (κ2) is 5.59. The molecule has 2 fully saturated rings. The Morgan fingerprint density at radius 2 is 2.11 bits per heavy atom. The van der Waals surface area contributed by atoms with Crippen molar-refractivity contribution in [1.82, 2.24) is 9.88 Å². The van der Waals surface area contributed by atoms with Gasteiger partial charge in [-0.05, 0) is 43.7 Å². The monoisotopic (exact) mass is 260 g/mol. The molecule has 0 bridgehead atoms. The maximum absolute atomic E-state index is 12.1. The van der Waals surface area contributed by atoms with Gasteiger partial charge in [0.15, 0.2) is 0 Å². The Labute approximate surface area is 113 Å². The molecule has 1 saturated heterocycles. The summed E-state index contributed by atoms with van der Waals surface area (Å²) in [6.45, 7) is 1.62. The predicted molar refractivity (Wildman–Crippen MR) is 71.8 cm³/mol. The SMILES string of the molecule is O=C(CC1CC1)N1CCCC(Oc2ccncc2)C1. The lowest BCUT2D eigenvalue weighted by Gasteiger charge is -2.33. The van der Waals surface area contributed by atoms with Gasteiger partial charge in [0.2, 0.25) is 5.91 Å². The highest BCUT2D eigenvalue weighted by Crippen LogP contribution is 2.33. The van der Waals surface area contributed by atoms with Crippen LogP contribution in [0.1, 0.15) is 32.1 Å². The zero-order valence-corrected chi connectivity index (χ0v) is 11.1. The highest BCUT2D eigenvalue weighted by Gasteiger charge is 2.30. The van der Waals surface area contributed by atoms with Crippen molar-refractivity contribution in [2.45, 2.75) is 38.2 Å². The topological polar surface area (TPSA) is 42.4 Å². The number of ether oxygens (including phenoxy) is 1. The fraction of sp³-hybridized carbons (Fsp3) is 0.600. The van der Waals surface area contributed by atoms with E-state index in [9.17, 15) is 4.79 Å². The maximum atomic E-state index is 12.1. The quantitative estimate of drug-likeness (QED) is 0.834. The van der Waals surface area contributed by atoms with Crippen molar-refractivity contribution in [3.05, 3.63) is 24.5 Å². The molecular formula is C15H20N2O2. The first kappa shape index (κ1) is 12.5. The van der Waals surface area contributed by atoms with Gasteiger partial charge in [0.05, 0.1) is 6.54 Å². The van der Waals surface area contributed by atoms with Crippen LogP contribution in [-0.4, -0.2) is 35.0 Å². The van der Waals surface area contributed by atoms with Crippen LogP contribution in [0.5, 0.6) is 5.75 Å². The van der Waals surface area contributed by atoms with Crippen LogP contribution in [0.3, 0.4) is 0 Å². The van der Waals surface area contributed by atoms with Crippen LogP contribution in [-0.2, 0) is 4.79 Å². The Bertz CT molecular complexity index is 431. The summed E-state index contributed by atoms with van der Waals surface area (Å²) in [6.07, 6.45) is 8.85. The first-order valence-electron chi connectivity index (χ1n) is 7.16. The van der Waals surface area contributed by atoms with Crippen LogP contribution < -0.4 is 4.74 Å². The van der Waals surface area contributed by atoms with Gasteiger partial charge in [0.1, 0.15) is 11.9 Å². The van der Waals surface area contributed by atoms with E-state index in [-0.39, 0.29) is 6.10 Å². The van der Waals surface area contributed by atoms with Gasteiger partial charge in [-0.3, -0.25) is 9.78 Å². The van der Waals surface area contributed by atoms with Crippen molar-refractivity contribution >= 4 is 5.91 Å². The highest BCUT2D eigenvalue weighted by molar-refractivity contribution is 5.76. The van der Waals surface area contributed by atoms with Gasteiger partial charge in [-0.2, -0.15) is 0 Å². The number of amides is 1. The molecule has 1 aliphatic carbocycles. The van der Waals surface area contributed by atoms with Crippen LogP contribution in [0.2, 0.25) is 0 Å². The van der Waals surface area contributed by atoms with E-state index in [1.54, 1.807) is 12.4 Å². The molecule has 0 radical (unpaired) electrons. The van der Waals surface area contributed by atoms with Gasteiger partial charge in [0, 0.05) is 25.4 Å². The number of likely N-dealkylation sites (tertiary alicyclic amines) is 1. The molecule has 1 atom stereocenters. The number of rotatable bonds is 4. The average molecular weight is 260 g/mol. The number of aromatic nitrogens is 1. The Morgan fingerprint density at radius 3 is 2.84 bits per heavy atom. The van der Waals surface area contributed by atoms with Crippen molar-refractivity contribution in [3.8, 4) is 5.75 Å². The number of carbonyl (C=O) groups is 1. The second-order valence-electron chi connectivity index (χ2n) is 5.55. The predicted octanol–water partition coefficient (Wildman–Crippen LogP) is 2.25. The van der Waals surface area contributed by atoms with Gasteiger partial charge in [0.25, 0.3) is 0 Å². The minimum absolute atomic E-state index is 0.124. The van der Waals surface area contributed by atoms with E-state index in [0.717, 1.165) is 38.1 Å². The van der Waals surface area contributed by atoms with E-state index in [4.69, 9.17) is 4.74 Å². The van der Waals surface area contributed by atoms with Gasteiger partial charge < -0.3 is 9.64 Å². The summed E-state index contributed by atoms with van der Waals surface area (Å²) in [5.41, 5.74) is 0. The largest absolute Gasteiger partial charge is 0.488 e. The van der Waals surface area contributed by atoms with Crippen molar-refractivity contribution in [1.29, 1.82) is 0 Å². The molecule has 3 rings (SSSR count). The van der Waals surface area contributed by atoms with E-state index < -0.39 is 0 Å². The van der Waals surface area contributed by atoms with E-state index in [1.807, 2.05) is 17.0 Å². The smallest absolute Gasteiger partial charge is 0.222 e. The molecule has 4 nitrogen and oxygen atoms in total. The molecule has 0 aromatic carbocycles. The van der Waals surface area contributed by atoms with E-state index >= 15 is 0 Å². The molecule has 2 heterocycles. The van der Waals surface area contributed by atoms with Crippen molar-refractivity contribution < 1.29 is 9.53 Å². The average Bonchev–Trinajstić information content (AvgIpc) is 3.24. The summed E-state index contributed by atoms with van der Waals surface area (Å²) < 4.78 is 5.92. The van der Waals surface area contributed by atoms with Gasteiger partial charge in [-0.1, -0.05) is 0 Å². The number of hydrogen-bond acceptors (Lipinski definition) is 3. The van der Waals surface area contributed by atoms with Gasteiger partial charge >= 0.3 is 0 Å². The van der Waals surface area contributed by atoms with Crippen LogP contribution in [0, 0.1) is 5.92 Å². The Kier molecular flexibility index (Phi) is 3.67. The summed E-state index contributed by atoms with van der Waals surface area (Å²) >= 11 is 0. The number of pyridine rings is 1. The number of carbonyl (C=O) groups excluding carboxylic acids is 1. The standard InChI is InChI=1S/C15H20N2O2/c18-15(10-12-3-4-12)17-9-1-2-14(11-17)19-13-5-7-16-8-6-13/h5-8,12,14H,1-4,9-11H2. The maximum Gasteiger partial charge on any atom is 0.222 e. The summed E-state index contributed by atoms with van der Waals surface area (Å²) in [5, 5.41) is 0. The Hall–Kier alpha value is -1.58. The molecule has 4 heteroatoms. The Morgan fingerprint density at radius 1 is 1.32 bits per heavy atom. The molecule has 1 aromatic heterocycles. The fourth-order valence-electron chi connectivity index (χ4n) is 2.57. The van der Waals surface area contributed by atoms with Gasteiger partial charge in [-0.15, -0.1) is 0 Å². The molecule has 1 aliphatic heterocycles. The van der Waals surface area contributed by atoms with Crippen LogP contribution >= 0.6 is 0 Å². The molecule has 2 aliphatic rings. The number of hydrogen-bond donors (Lipinski definition) is 0. The number of piperidine rings is 1. The zero-order chi connectivity index (χ0) is 13.1. The molecular weight excluding hydrogens is 240 g/mol. The van der Waals surface area contributed by atoms with Crippen LogP contribution in [0.4, 0.5) is 0 Å².